The fourth-order valence-electron chi connectivity index (χ4n) is 2.36. The molecule has 4 heteroatoms. The van der Waals surface area contributed by atoms with Crippen molar-refractivity contribution in [1.82, 2.24) is 15.0 Å². The molecule has 0 amide bonds. The van der Waals surface area contributed by atoms with Gasteiger partial charge in [0.1, 0.15) is 22.5 Å². The van der Waals surface area contributed by atoms with Crippen molar-refractivity contribution < 1.29 is 5.11 Å². The zero-order valence-corrected chi connectivity index (χ0v) is 12.2. The minimum Gasteiger partial charge on any atom is -0.506 e. The van der Waals surface area contributed by atoms with Crippen LogP contribution >= 0.6 is 0 Å². The minimum absolute atomic E-state index is 0.169. The number of phenolic OH excluding ortho intramolecular Hbond substituents is 1. The first-order chi connectivity index (χ1) is 10.0. The first-order valence-electron chi connectivity index (χ1n) is 6.84. The zero-order valence-electron chi connectivity index (χ0n) is 12.2. The van der Waals surface area contributed by atoms with Crippen molar-refractivity contribution in [2.75, 3.05) is 0 Å². The summed E-state index contributed by atoms with van der Waals surface area (Å²) >= 11 is 0. The molecule has 1 N–H and O–H groups in total. The quantitative estimate of drug-likeness (QED) is 0.746. The highest BCUT2D eigenvalue weighted by molar-refractivity contribution is 5.78. The van der Waals surface area contributed by atoms with Crippen molar-refractivity contribution in [2.45, 2.75) is 20.3 Å². The summed E-state index contributed by atoms with van der Waals surface area (Å²) in [7, 11) is 0. The van der Waals surface area contributed by atoms with Crippen molar-refractivity contribution in [1.29, 1.82) is 0 Å². The minimum atomic E-state index is 0.169. The average molecular weight is 279 g/mol. The molecule has 106 valence electrons. The van der Waals surface area contributed by atoms with Gasteiger partial charge < -0.3 is 5.11 Å². The van der Waals surface area contributed by atoms with Crippen LogP contribution in [0, 0.1) is 6.92 Å². The highest BCUT2D eigenvalue weighted by Crippen LogP contribution is 2.24. The summed E-state index contributed by atoms with van der Waals surface area (Å²) in [5.41, 5.74) is 5.48. The van der Waals surface area contributed by atoms with Gasteiger partial charge >= 0.3 is 0 Å². The van der Waals surface area contributed by atoms with E-state index in [0.717, 1.165) is 34.2 Å². The van der Waals surface area contributed by atoms with Crippen LogP contribution < -0.4 is 0 Å². The standard InChI is InChI=1S/C17H17N3O/c1-11(2)9-13-5-4-6-14-17(13)19-20(18-14)15-10-12(3)7-8-16(15)21/h4-8,10,21H,1,9H2,2-3H3. The summed E-state index contributed by atoms with van der Waals surface area (Å²) < 4.78 is 0. The molecule has 3 aromatic rings. The summed E-state index contributed by atoms with van der Waals surface area (Å²) in [6, 6.07) is 11.3. The second kappa shape index (κ2) is 5.05. The van der Waals surface area contributed by atoms with Crippen LogP contribution in [0.2, 0.25) is 0 Å². The maximum absolute atomic E-state index is 10.0. The molecule has 2 aromatic carbocycles. The van der Waals surface area contributed by atoms with Crippen LogP contribution in [-0.4, -0.2) is 20.1 Å². The van der Waals surface area contributed by atoms with Gasteiger partial charge in [-0.25, -0.2) is 0 Å². The van der Waals surface area contributed by atoms with Crippen molar-refractivity contribution in [2.24, 2.45) is 0 Å². The molecule has 0 aliphatic rings. The fourth-order valence-corrected chi connectivity index (χ4v) is 2.36. The normalized spacial score (nSPS) is 11.0. The number of fused-ring (bicyclic) bond motifs is 1. The maximum Gasteiger partial charge on any atom is 0.143 e. The topological polar surface area (TPSA) is 50.9 Å². The van der Waals surface area contributed by atoms with Gasteiger partial charge in [0, 0.05) is 0 Å². The van der Waals surface area contributed by atoms with E-state index >= 15 is 0 Å². The van der Waals surface area contributed by atoms with Gasteiger partial charge in [0.25, 0.3) is 0 Å². The number of aryl methyl sites for hydroxylation is 1. The summed E-state index contributed by atoms with van der Waals surface area (Å²) in [5.74, 6) is 0.169. The number of nitrogens with zero attached hydrogens (tertiary/aromatic N) is 3. The fraction of sp³-hybridized carbons (Fsp3) is 0.176. The van der Waals surface area contributed by atoms with E-state index in [2.05, 4.69) is 16.8 Å². The number of allylic oxidation sites excluding steroid dienone is 1. The molecule has 0 fully saturated rings. The molecular formula is C17H17N3O. The molecule has 0 spiro atoms. The average Bonchev–Trinajstić information content (AvgIpc) is 2.86. The van der Waals surface area contributed by atoms with Crippen LogP contribution in [0.25, 0.3) is 16.7 Å². The Balaban J connectivity index is 2.17. The molecule has 0 saturated heterocycles. The Hall–Kier alpha value is -2.62. The number of benzene rings is 2. The molecule has 0 radical (unpaired) electrons. The molecule has 0 saturated carbocycles. The van der Waals surface area contributed by atoms with Gasteiger partial charge in [-0.05, 0) is 49.6 Å². The molecule has 1 heterocycles. The Bertz CT molecular complexity index is 833. The van der Waals surface area contributed by atoms with E-state index in [4.69, 9.17) is 0 Å². The summed E-state index contributed by atoms with van der Waals surface area (Å²) in [5, 5.41) is 19.0. The predicted molar refractivity (Wildman–Crippen MR) is 83.8 cm³/mol. The van der Waals surface area contributed by atoms with Crippen LogP contribution in [0.3, 0.4) is 0 Å². The van der Waals surface area contributed by atoms with Gasteiger partial charge in [-0.2, -0.15) is 0 Å². The summed E-state index contributed by atoms with van der Waals surface area (Å²) in [6.07, 6.45) is 0.774. The first kappa shape index (κ1) is 13.4. The molecule has 21 heavy (non-hydrogen) atoms. The van der Waals surface area contributed by atoms with Crippen LogP contribution in [0.4, 0.5) is 0 Å². The van der Waals surface area contributed by atoms with Gasteiger partial charge in [0.2, 0.25) is 0 Å². The third kappa shape index (κ3) is 2.52. The Labute approximate surface area is 123 Å². The van der Waals surface area contributed by atoms with Crippen molar-refractivity contribution in [3.63, 3.8) is 0 Å². The third-order valence-corrected chi connectivity index (χ3v) is 3.33. The molecule has 0 aliphatic heterocycles. The Morgan fingerprint density at radius 1 is 1.24 bits per heavy atom. The van der Waals surface area contributed by atoms with Gasteiger partial charge in [-0.15, -0.1) is 15.0 Å². The molecule has 0 atom stereocenters. The van der Waals surface area contributed by atoms with Gasteiger partial charge in [0.05, 0.1) is 0 Å². The number of rotatable bonds is 3. The maximum atomic E-state index is 10.0. The molecule has 0 bridgehead atoms. The Morgan fingerprint density at radius 3 is 2.81 bits per heavy atom. The van der Waals surface area contributed by atoms with Gasteiger partial charge in [-0.1, -0.05) is 30.4 Å². The predicted octanol–water partition coefficient (Wildman–Crippen LogP) is 3.55. The number of aromatic hydroxyl groups is 1. The van der Waals surface area contributed by atoms with Crippen LogP contribution in [0.5, 0.6) is 5.75 Å². The second-order valence-electron chi connectivity index (χ2n) is 5.40. The molecule has 4 nitrogen and oxygen atoms in total. The van der Waals surface area contributed by atoms with E-state index in [1.165, 1.54) is 4.80 Å². The molecule has 1 aromatic heterocycles. The van der Waals surface area contributed by atoms with E-state index in [-0.39, 0.29) is 5.75 Å². The van der Waals surface area contributed by atoms with Crippen LogP contribution in [0.1, 0.15) is 18.1 Å². The van der Waals surface area contributed by atoms with Gasteiger partial charge in [0.15, 0.2) is 0 Å². The van der Waals surface area contributed by atoms with Crippen LogP contribution in [-0.2, 0) is 6.42 Å². The lowest BCUT2D eigenvalue weighted by atomic mass is 10.1. The lowest BCUT2D eigenvalue weighted by Crippen LogP contribution is -1.99. The Kier molecular flexibility index (Phi) is 3.22. The van der Waals surface area contributed by atoms with Crippen LogP contribution in [0.15, 0.2) is 48.6 Å². The zero-order chi connectivity index (χ0) is 15.0. The molecule has 0 aliphatic carbocycles. The highest BCUT2D eigenvalue weighted by atomic mass is 16.3. The molecule has 3 rings (SSSR count). The number of aromatic nitrogens is 3. The third-order valence-electron chi connectivity index (χ3n) is 3.33. The van der Waals surface area contributed by atoms with E-state index < -0.39 is 0 Å². The first-order valence-corrected chi connectivity index (χ1v) is 6.84. The van der Waals surface area contributed by atoms with Crippen molar-refractivity contribution >= 4 is 11.0 Å². The van der Waals surface area contributed by atoms with Crippen molar-refractivity contribution in [3.8, 4) is 11.4 Å². The smallest absolute Gasteiger partial charge is 0.143 e. The van der Waals surface area contributed by atoms with E-state index in [1.807, 2.05) is 44.2 Å². The summed E-state index contributed by atoms with van der Waals surface area (Å²) in [4.78, 5) is 1.49. The highest BCUT2D eigenvalue weighted by Gasteiger charge is 2.11. The largest absolute Gasteiger partial charge is 0.506 e. The SMILES string of the molecule is C=C(C)Cc1cccc2nn(-c3cc(C)ccc3O)nc12. The molecule has 0 unspecified atom stereocenters. The number of hydrogen-bond acceptors (Lipinski definition) is 3. The monoisotopic (exact) mass is 279 g/mol. The summed E-state index contributed by atoms with van der Waals surface area (Å²) in [6.45, 7) is 7.92. The molecular weight excluding hydrogens is 262 g/mol. The number of phenols is 1. The van der Waals surface area contributed by atoms with Crippen molar-refractivity contribution in [3.05, 3.63) is 59.7 Å². The lowest BCUT2D eigenvalue weighted by molar-refractivity contribution is 0.467. The van der Waals surface area contributed by atoms with E-state index in [9.17, 15) is 5.11 Å². The number of hydrogen-bond donors (Lipinski definition) is 1. The van der Waals surface area contributed by atoms with Gasteiger partial charge in [-0.3, -0.25) is 0 Å². The van der Waals surface area contributed by atoms with E-state index in [1.54, 1.807) is 6.07 Å². The Morgan fingerprint density at radius 2 is 2.05 bits per heavy atom. The second-order valence-corrected chi connectivity index (χ2v) is 5.40. The lowest BCUT2D eigenvalue weighted by Gasteiger charge is -2.03. The van der Waals surface area contributed by atoms with E-state index in [0.29, 0.717) is 5.69 Å².